The SMILES string of the molecule is O=C(O)c1ccc(S(=O)(=O)NCc2cnc[nH]2)cc1. The third-order valence-corrected chi connectivity index (χ3v) is 3.84. The molecule has 0 bridgehead atoms. The Balaban J connectivity index is 2.13. The van der Waals surface area contributed by atoms with Crippen LogP contribution in [-0.4, -0.2) is 29.5 Å². The average molecular weight is 281 g/mol. The number of imidazole rings is 1. The number of carboxylic acids is 1. The van der Waals surface area contributed by atoms with Gasteiger partial charge in [-0.15, -0.1) is 0 Å². The highest BCUT2D eigenvalue weighted by Crippen LogP contribution is 2.11. The van der Waals surface area contributed by atoms with E-state index in [0.717, 1.165) is 0 Å². The normalized spacial score (nSPS) is 11.4. The van der Waals surface area contributed by atoms with Crippen LogP contribution in [0, 0.1) is 0 Å². The maximum Gasteiger partial charge on any atom is 0.335 e. The second kappa shape index (κ2) is 5.21. The average Bonchev–Trinajstić information content (AvgIpc) is 2.90. The van der Waals surface area contributed by atoms with Crippen molar-refractivity contribution in [2.45, 2.75) is 11.4 Å². The molecule has 0 saturated carbocycles. The molecule has 0 radical (unpaired) electrons. The molecule has 0 fully saturated rings. The Bertz CT molecular complexity index is 662. The lowest BCUT2D eigenvalue weighted by Crippen LogP contribution is -2.23. The summed E-state index contributed by atoms with van der Waals surface area (Å²) >= 11 is 0. The van der Waals surface area contributed by atoms with Crippen LogP contribution >= 0.6 is 0 Å². The molecule has 0 aliphatic carbocycles. The van der Waals surface area contributed by atoms with Gasteiger partial charge in [0.15, 0.2) is 0 Å². The lowest BCUT2D eigenvalue weighted by atomic mass is 10.2. The van der Waals surface area contributed by atoms with Gasteiger partial charge in [0.2, 0.25) is 10.0 Å². The first-order valence-corrected chi connectivity index (χ1v) is 6.77. The molecule has 0 atom stereocenters. The number of hydrogen-bond donors (Lipinski definition) is 3. The zero-order valence-electron chi connectivity index (χ0n) is 9.70. The number of rotatable bonds is 5. The predicted octanol–water partition coefficient (Wildman–Crippen LogP) is 0.586. The van der Waals surface area contributed by atoms with Crippen LogP contribution in [0.2, 0.25) is 0 Å². The smallest absolute Gasteiger partial charge is 0.335 e. The minimum Gasteiger partial charge on any atom is -0.478 e. The Kier molecular flexibility index (Phi) is 3.63. The van der Waals surface area contributed by atoms with Crippen LogP contribution in [0.3, 0.4) is 0 Å². The summed E-state index contributed by atoms with van der Waals surface area (Å²) in [4.78, 5) is 17.2. The summed E-state index contributed by atoms with van der Waals surface area (Å²) in [6.07, 6.45) is 2.96. The first kappa shape index (κ1) is 13.2. The van der Waals surface area contributed by atoms with E-state index in [9.17, 15) is 13.2 Å². The number of nitrogens with zero attached hydrogens (tertiary/aromatic N) is 1. The van der Waals surface area contributed by atoms with Gasteiger partial charge in [0.05, 0.1) is 23.3 Å². The van der Waals surface area contributed by atoms with Crippen molar-refractivity contribution in [3.63, 3.8) is 0 Å². The van der Waals surface area contributed by atoms with Gasteiger partial charge in [-0.25, -0.2) is 22.9 Å². The van der Waals surface area contributed by atoms with Gasteiger partial charge in [-0.05, 0) is 24.3 Å². The summed E-state index contributed by atoms with van der Waals surface area (Å²) in [5.41, 5.74) is 0.665. The van der Waals surface area contributed by atoms with E-state index in [0.29, 0.717) is 5.69 Å². The fraction of sp³-hybridized carbons (Fsp3) is 0.0909. The van der Waals surface area contributed by atoms with E-state index in [-0.39, 0.29) is 17.0 Å². The standard InChI is InChI=1S/C11H11N3O4S/c15-11(16)8-1-3-10(4-2-8)19(17,18)14-6-9-5-12-7-13-9/h1-5,7,14H,6H2,(H,12,13)(H,15,16). The Morgan fingerprint density at radius 2 is 2.00 bits per heavy atom. The first-order chi connectivity index (χ1) is 8.99. The van der Waals surface area contributed by atoms with E-state index in [4.69, 9.17) is 5.11 Å². The lowest BCUT2D eigenvalue weighted by molar-refractivity contribution is 0.0696. The molecule has 0 amide bonds. The largest absolute Gasteiger partial charge is 0.478 e. The van der Waals surface area contributed by atoms with Crippen LogP contribution in [0.15, 0.2) is 41.7 Å². The van der Waals surface area contributed by atoms with Crippen molar-refractivity contribution in [2.75, 3.05) is 0 Å². The topological polar surface area (TPSA) is 112 Å². The van der Waals surface area contributed by atoms with E-state index in [2.05, 4.69) is 14.7 Å². The molecule has 0 spiro atoms. The predicted molar refractivity (Wildman–Crippen MR) is 66.0 cm³/mol. The maximum absolute atomic E-state index is 11.9. The van der Waals surface area contributed by atoms with Crippen molar-refractivity contribution >= 4 is 16.0 Å². The van der Waals surface area contributed by atoms with Gasteiger partial charge in [-0.1, -0.05) is 0 Å². The molecule has 3 N–H and O–H groups in total. The van der Waals surface area contributed by atoms with E-state index in [1.807, 2.05) is 0 Å². The fourth-order valence-electron chi connectivity index (χ4n) is 1.41. The molecule has 100 valence electrons. The molecule has 7 nitrogen and oxygen atoms in total. The van der Waals surface area contributed by atoms with E-state index >= 15 is 0 Å². The third kappa shape index (κ3) is 3.18. The summed E-state index contributed by atoms with van der Waals surface area (Å²) in [5.74, 6) is -1.10. The fourth-order valence-corrected chi connectivity index (χ4v) is 2.42. The number of aromatic nitrogens is 2. The maximum atomic E-state index is 11.9. The van der Waals surface area contributed by atoms with Crippen LogP contribution in [0.25, 0.3) is 0 Å². The number of aromatic amines is 1. The highest BCUT2D eigenvalue weighted by Gasteiger charge is 2.14. The minimum atomic E-state index is -3.67. The number of carbonyl (C=O) groups is 1. The Labute approximate surface area is 109 Å². The summed E-state index contributed by atoms with van der Waals surface area (Å²) in [6, 6.07) is 4.98. The second-order valence-electron chi connectivity index (χ2n) is 3.73. The third-order valence-electron chi connectivity index (χ3n) is 2.42. The number of nitrogens with one attached hydrogen (secondary N) is 2. The van der Waals surface area contributed by atoms with Gasteiger partial charge >= 0.3 is 5.97 Å². The number of hydrogen-bond acceptors (Lipinski definition) is 4. The van der Waals surface area contributed by atoms with E-state index in [1.165, 1.54) is 36.8 Å². The summed E-state index contributed by atoms with van der Waals surface area (Å²) in [6.45, 7) is 0.0863. The molecule has 2 rings (SSSR count). The van der Waals surface area contributed by atoms with Gasteiger partial charge in [0, 0.05) is 11.9 Å². The molecular formula is C11H11N3O4S. The van der Waals surface area contributed by atoms with Crippen LogP contribution < -0.4 is 4.72 Å². The molecule has 0 unspecified atom stereocenters. The molecule has 1 aromatic heterocycles. The molecule has 0 aliphatic rings. The summed E-state index contributed by atoms with van der Waals surface area (Å²) < 4.78 is 26.2. The van der Waals surface area contributed by atoms with Crippen molar-refractivity contribution in [3.05, 3.63) is 48.0 Å². The number of carboxylic acid groups (broad SMARTS) is 1. The molecule has 0 aliphatic heterocycles. The van der Waals surface area contributed by atoms with E-state index < -0.39 is 16.0 Å². The van der Waals surface area contributed by atoms with Crippen molar-refractivity contribution < 1.29 is 18.3 Å². The van der Waals surface area contributed by atoms with Crippen LogP contribution in [0.4, 0.5) is 0 Å². The quantitative estimate of drug-likeness (QED) is 0.742. The highest BCUT2D eigenvalue weighted by atomic mass is 32.2. The summed E-state index contributed by atoms with van der Waals surface area (Å²) in [7, 11) is -3.67. The van der Waals surface area contributed by atoms with Gasteiger partial charge < -0.3 is 10.1 Å². The van der Waals surface area contributed by atoms with Gasteiger partial charge in [0.25, 0.3) is 0 Å². The van der Waals surface area contributed by atoms with Gasteiger partial charge in [0.1, 0.15) is 0 Å². The minimum absolute atomic E-state index is 0.0111. The van der Waals surface area contributed by atoms with Crippen molar-refractivity contribution in [3.8, 4) is 0 Å². The lowest BCUT2D eigenvalue weighted by Gasteiger charge is -2.05. The monoisotopic (exact) mass is 281 g/mol. The number of H-pyrrole nitrogens is 1. The van der Waals surface area contributed by atoms with Gasteiger partial charge in [-0.3, -0.25) is 0 Å². The van der Waals surface area contributed by atoms with Crippen molar-refractivity contribution in [1.29, 1.82) is 0 Å². The first-order valence-electron chi connectivity index (χ1n) is 5.29. The van der Waals surface area contributed by atoms with Crippen molar-refractivity contribution in [1.82, 2.24) is 14.7 Å². The molecule has 2 aromatic rings. The number of benzene rings is 1. The molecule has 1 aromatic carbocycles. The zero-order chi connectivity index (χ0) is 13.9. The molecular weight excluding hydrogens is 270 g/mol. The number of aromatic carboxylic acids is 1. The Hall–Kier alpha value is -2.19. The summed E-state index contributed by atoms with van der Waals surface area (Å²) in [5, 5.41) is 8.73. The number of sulfonamides is 1. The van der Waals surface area contributed by atoms with Crippen LogP contribution in [0.1, 0.15) is 16.1 Å². The Morgan fingerprint density at radius 3 is 2.53 bits per heavy atom. The van der Waals surface area contributed by atoms with Crippen LogP contribution in [-0.2, 0) is 16.6 Å². The molecule has 1 heterocycles. The van der Waals surface area contributed by atoms with Crippen LogP contribution in [0.5, 0.6) is 0 Å². The highest BCUT2D eigenvalue weighted by molar-refractivity contribution is 7.89. The van der Waals surface area contributed by atoms with E-state index in [1.54, 1.807) is 0 Å². The zero-order valence-corrected chi connectivity index (χ0v) is 10.5. The molecule has 0 saturated heterocycles. The molecule has 19 heavy (non-hydrogen) atoms. The Morgan fingerprint density at radius 1 is 1.32 bits per heavy atom. The van der Waals surface area contributed by atoms with Gasteiger partial charge in [-0.2, -0.15) is 0 Å². The van der Waals surface area contributed by atoms with Crippen molar-refractivity contribution in [2.24, 2.45) is 0 Å². The second-order valence-corrected chi connectivity index (χ2v) is 5.50. The molecule has 8 heteroatoms.